The van der Waals surface area contributed by atoms with Gasteiger partial charge in [0.15, 0.2) is 5.17 Å². The highest BCUT2D eigenvalue weighted by Crippen LogP contribution is 2.52. The molecule has 1 aliphatic carbocycles. The summed E-state index contributed by atoms with van der Waals surface area (Å²) >= 11 is 3.77. The maximum absolute atomic E-state index is 4.67. The molecule has 0 radical (unpaired) electrons. The molecule has 3 heterocycles. The van der Waals surface area contributed by atoms with E-state index in [0.717, 1.165) is 19.0 Å². The predicted molar refractivity (Wildman–Crippen MR) is 92.8 cm³/mol. The van der Waals surface area contributed by atoms with Crippen molar-refractivity contribution in [2.75, 3.05) is 13.1 Å². The van der Waals surface area contributed by atoms with Gasteiger partial charge in [0.05, 0.1) is 12.2 Å². The Bertz CT molecular complexity index is 811. The molecule has 0 amide bonds. The van der Waals surface area contributed by atoms with Gasteiger partial charge in [-0.1, -0.05) is 17.8 Å². The maximum Gasteiger partial charge on any atom is 0.168 e. The number of thiophene rings is 1. The number of aryl methyl sites for hydroxylation is 1. The highest BCUT2D eigenvalue weighted by Gasteiger charge is 2.40. The molecule has 0 atom stereocenters. The van der Waals surface area contributed by atoms with Crippen LogP contribution in [0.1, 0.15) is 24.0 Å². The molecule has 5 rings (SSSR count). The van der Waals surface area contributed by atoms with E-state index in [1.807, 2.05) is 23.1 Å². The lowest BCUT2D eigenvalue weighted by Crippen LogP contribution is -2.20. The minimum Gasteiger partial charge on any atom is -0.318 e. The number of nitrogens with zero attached hydrogens (tertiary/aromatic N) is 2. The van der Waals surface area contributed by atoms with Gasteiger partial charge in [-0.25, -0.2) is 0 Å². The minimum atomic E-state index is 0.789. The summed E-state index contributed by atoms with van der Waals surface area (Å²) in [5, 5.41) is 4.90. The van der Waals surface area contributed by atoms with Crippen molar-refractivity contribution in [1.29, 1.82) is 0 Å². The van der Waals surface area contributed by atoms with Gasteiger partial charge in [0.1, 0.15) is 0 Å². The first-order valence-corrected chi connectivity index (χ1v) is 9.23. The van der Waals surface area contributed by atoms with Gasteiger partial charge in [-0.2, -0.15) is 0 Å². The zero-order chi connectivity index (χ0) is 14.0. The van der Waals surface area contributed by atoms with Gasteiger partial charge in [-0.3, -0.25) is 4.99 Å². The van der Waals surface area contributed by atoms with Crippen molar-refractivity contribution in [2.24, 2.45) is 10.9 Å². The van der Waals surface area contributed by atoms with Crippen LogP contribution in [-0.2, 0) is 0 Å². The number of rotatable bonds is 2. The SMILES string of the molecule is Cc1csc2ccc(C3=C(C4CC4)SC4=NCCN43)cc12. The summed E-state index contributed by atoms with van der Waals surface area (Å²) in [7, 11) is 0. The van der Waals surface area contributed by atoms with Crippen LogP contribution in [-0.4, -0.2) is 23.2 Å². The van der Waals surface area contributed by atoms with Crippen LogP contribution in [0.2, 0.25) is 0 Å². The third-order valence-electron chi connectivity index (χ3n) is 4.49. The molecule has 4 heteroatoms. The van der Waals surface area contributed by atoms with Crippen LogP contribution >= 0.6 is 23.1 Å². The number of allylic oxidation sites excluding steroid dienone is 1. The van der Waals surface area contributed by atoms with E-state index in [1.165, 1.54) is 44.9 Å². The van der Waals surface area contributed by atoms with E-state index in [0.29, 0.717) is 0 Å². The molecule has 21 heavy (non-hydrogen) atoms. The Kier molecular flexibility index (Phi) is 2.56. The lowest BCUT2D eigenvalue weighted by atomic mass is 10.1. The van der Waals surface area contributed by atoms with Crippen LogP contribution in [0.15, 0.2) is 33.5 Å². The molecule has 2 aliphatic heterocycles. The van der Waals surface area contributed by atoms with Crippen LogP contribution in [0, 0.1) is 12.8 Å². The fraction of sp³-hybridized carbons (Fsp3) is 0.353. The van der Waals surface area contributed by atoms with Gasteiger partial charge in [-0.05, 0) is 59.7 Å². The Morgan fingerprint density at radius 1 is 1.29 bits per heavy atom. The van der Waals surface area contributed by atoms with Gasteiger partial charge < -0.3 is 4.90 Å². The van der Waals surface area contributed by atoms with Crippen molar-refractivity contribution in [3.05, 3.63) is 39.6 Å². The lowest BCUT2D eigenvalue weighted by molar-refractivity contribution is 0.645. The number of aliphatic imine (C=N–C) groups is 1. The number of thioether (sulfide) groups is 1. The fourth-order valence-electron chi connectivity index (χ4n) is 3.23. The Labute approximate surface area is 132 Å². The van der Waals surface area contributed by atoms with Gasteiger partial charge in [-0.15, -0.1) is 11.3 Å². The summed E-state index contributed by atoms with van der Waals surface area (Å²) in [6, 6.07) is 6.98. The highest BCUT2D eigenvalue weighted by molar-refractivity contribution is 8.17. The zero-order valence-corrected chi connectivity index (χ0v) is 13.6. The van der Waals surface area contributed by atoms with Crippen LogP contribution in [0.5, 0.6) is 0 Å². The summed E-state index contributed by atoms with van der Waals surface area (Å²) < 4.78 is 1.39. The average molecular weight is 312 g/mol. The Morgan fingerprint density at radius 3 is 3.05 bits per heavy atom. The van der Waals surface area contributed by atoms with E-state index in [-0.39, 0.29) is 0 Å². The van der Waals surface area contributed by atoms with Gasteiger partial charge >= 0.3 is 0 Å². The molecular weight excluding hydrogens is 296 g/mol. The molecule has 0 bridgehead atoms. The van der Waals surface area contributed by atoms with Crippen molar-refractivity contribution in [2.45, 2.75) is 19.8 Å². The number of fused-ring (bicyclic) bond motifs is 2. The smallest absolute Gasteiger partial charge is 0.168 e. The normalized spacial score (nSPS) is 21.4. The molecule has 2 nitrogen and oxygen atoms in total. The van der Waals surface area contributed by atoms with Crippen LogP contribution in [0.25, 0.3) is 15.8 Å². The molecule has 0 spiro atoms. The van der Waals surface area contributed by atoms with E-state index >= 15 is 0 Å². The average Bonchev–Trinajstić information content (AvgIpc) is 2.97. The second kappa shape index (κ2) is 4.37. The fourth-order valence-corrected chi connectivity index (χ4v) is 5.52. The summed E-state index contributed by atoms with van der Waals surface area (Å²) in [4.78, 5) is 8.69. The van der Waals surface area contributed by atoms with Crippen LogP contribution in [0.4, 0.5) is 0 Å². The van der Waals surface area contributed by atoms with Gasteiger partial charge in [0, 0.05) is 16.1 Å². The number of amidine groups is 1. The van der Waals surface area contributed by atoms with E-state index in [2.05, 4.69) is 40.4 Å². The quantitative estimate of drug-likeness (QED) is 0.798. The van der Waals surface area contributed by atoms with Crippen molar-refractivity contribution in [3.63, 3.8) is 0 Å². The molecule has 0 saturated heterocycles. The summed E-state index contributed by atoms with van der Waals surface area (Å²) in [6.07, 6.45) is 2.71. The second-order valence-corrected chi connectivity index (χ2v) is 7.96. The third-order valence-corrected chi connectivity index (χ3v) is 6.85. The topological polar surface area (TPSA) is 15.6 Å². The molecule has 1 fully saturated rings. The summed E-state index contributed by atoms with van der Waals surface area (Å²) in [6.45, 7) is 4.21. The van der Waals surface area contributed by atoms with E-state index in [1.54, 1.807) is 4.91 Å². The van der Waals surface area contributed by atoms with E-state index < -0.39 is 0 Å². The number of hydrogen-bond donors (Lipinski definition) is 0. The highest BCUT2D eigenvalue weighted by atomic mass is 32.2. The van der Waals surface area contributed by atoms with E-state index in [9.17, 15) is 0 Å². The zero-order valence-electron chi connectivity index (χ0n) is 11.9. The number of benzene rings is 1. The molecule has 2 aromatic rings. The Balaban J connectivity index is 1.70. The Hall–Kier alpha value is -1.26. The Morgan fingerprint density at radius 2 is 2.19 bits per heavy atom. The first-order chi connectivity index (χ1) is 10.3. The maximum atomic E-state index is 4.67. The molecule has 0 N–H and O–H groups in total. The first-order valence-electron chi connectivity index (χ1n) is 7.53. The molecule has 1 saturated carbocycles. The summed E-state index contributed by atoms with van der Waals surface area (Å²) in [5.74, 6) is 0.789. The molecule has 0 unspecified atom stereocenters. The molecule has 1 aromatic heterocycles. The second-order valence-electron chi connectivity index (χ2n) is 6.03. The van der Waals surface area contributed by atoms with Gasteiger partial charge in [0.25, 0.3) is 0 Å². The number of hydrogen-bond acceptors (Lipinski definition) is 4. The van der Waals surface area contributed by atoms with Crippen molar-refractivity contribution in [1.82, 2.24) is 4.90 Å². The molecule has 1 aromatic carbocycles. The monoisotopic (exact) mass is 312 g/mol. The minimum absolute atomic E-state index is 0.789. The third kappa shape index (κ3) is 1.82. The van der Waals surface area contributed by atoms with Crippen molar-refractivity contribution < 1.29 is 0 Å². The van der Waals surface area contributed by atoms with Gasteiger partial charge in [0.2, 0.25) is 0 Å². The molecular formula is C17H16N2S2. The van der Waals surface area contributed by atoms with Crippen LogP contribution in [0.3, 0.4) is 0 Å². The molecule has 106 valence electrons. The predicted octanol–water partition coefficient (Wildman–Crippen LogP) is 4.71. The van der Waals surface area contributed by atoms with Crippen molar-refractivity contribution in [3.8, 4) is 0 Å². The molecule has 3 aliphatic rings. The van der Waals surface area contributed by atoms with Crippen molar-refractivity contribution >= 4 is 44.0 Å². The first kappa shape index (κ1) is 12.3. The standard InChI is InChI=1S/C17H16N2S2/c1-10-9-20-14-5-4-12(8-13(10)14)15-16(11-2-3-11)21-17-18-6-7-19(15)17/h4-5,8-9,11H,2-3,6-7H2,1H3. The van der Waals surface area contributed by atoms with E-state index in [4.69, 9.17) is 0 Å². The summed E-state index contributed by atoms with van der Waals surface area (Å²) in [5.41, 5.74) is 4.23. The largest absolute Gasteiger partial charge is 0.318 e. The van der Waals surface area contributed by atoms with Crippen LogP contribution < -0.4 is 0 Å². The lowest BCUT2D eigenvalue weighted by Gasteiger charge is -2.17.